The first-order valence-electron chi connectivity index (χ1n) is 7.94. The Labute approximate surface area is 143 Å². The van der Waals surface area contributed by atoms with Crippen LogP contribution in [0.2, 0.25) is 0 Å². The van der Waals surface area contributed by atoms with E-state index in [1.807, 2.05) is 0 Å². The predicted octanol–water partition coefficient (Wildman–Crippen LogP) is 1.92. The lowest BCUT2D eigenvalue weighted by molar-refractivity contribution is -0.129. The fraction of sp³-hybridized carbons (Fsp3) is 0.500. The third-order valence-corrected chi connectivity index (χ3v) is 4.04. The third kappa shape index (κ3) is 4.40. The Hall–Kier alpha value is -2.32. The van der Waals surface area contributed by atoms with Crippen molar-refractivity contribution in [1.29, 1.82) is 0 Å². The Kier molecular flexibility index (Phi) is 6.22. The van der Waals surface area contributed by atoms with Gasteiger partial charge in [-0.15, -0.1) is 0 Å². The summed E-state index contributed by atoms with van der Waals surface area (Å²) in [6, 6.07) is 0.0969. The van der Waals surface area contributed by atoms with Gasteiger partial charge in [-0.3, -0.25) is 9.79 Å². The van der Waals surface area contributed by atoms with Crippen LogP contribution in [-0.2, 0) is 11.3 Å². The van der Waals surface area contributed by atoms with Crippen LogP contribution in [0.3, 0.4) is 0 Å². The highest BCUT2D eigenvalue weighted by molar-refractivity contribution is 5.80. The van der Waals surface area contributed by atoms with Crippen LogP contribution in [0, 0.1) is 23.3 Å². The lowest BCUT2D eigenvalue weighted by atomic mass is 10.2. The van der Waals surface area contributed by atoms with E-state index in [4.69, 9.17) is 0 Å². The van der Waals surface area contributed by atoms with Crippen molar-refractivity contribution in [1.82, 2.24) is 15.5 Å². The van der Waals surface area contributed by atoms with Gasteiger partial charge in [0.25, 0.3) is 0 Å². The van der Waals surface area contributed by atoms with E-state index in [1.165, 1.54) is 7.05 Å². The molecule has 0 saturated carbocycles. The molecule has 25 heavy (non-hydrogen) atoms. The van der Waals surface area contributed by atoms with Crippen LogP contribution in [0.15, 0.2) is 11.1 Å². The normalized spacial score (nSPS) is 17.8. The van der Waals surface area contributed by atoms with Crippen molar-refractivity contribution in [2.24, 2.45) is 4.99 Å². The molecule has 1 aliphatic heterocycles. The minimum absolute atomic E-state index is 0.0478. The summed E-state index contributed by atoms with van der Waals surface area (Å²) in [6.45, 7) is 2.41. The van der Waals surface area contributed by atoms with Crippen molar-refractivity contribution in [3.05, 3.63) is 34.9 Å². The summed E-state index contributed by atoms with van der Waals surface area (Å²) in [5.74, 6) is -5.53. The second kappa shape index (κ2) is 8.17. The van der Waals surface area contributed by atoms with Gasteiger partial charge < -0.3 is 15.5 Å². The molecule has 1 fully saturated rings. The van der Waals surface area contributed by atoms with E-state index < -0.39 is 35.4 Å². The smallest absolute Gasteiger partial charge is 0.222 e. The molecule has 0 aromatic heterocycles. The fourth-order valence-corrected chi connectivity index (χ4v) is 2.67. The molecule has 1 unspecified atom stereocenters. The van der Waals surface area contributed by atoms with Crippen LogP contribution in [0.5, 0.6) is 0 Å². The standard InChI is InChI=1S/C16H20F4N4O/c1-3-13(25)24-5-4-9(8-24)23-16(21-2)22-7-10-14(19)11(17)6-12(18)15(10)20/h6,9H,3-5,7-8H2,1-2H3,(H2,21,22,23). The molecule has 1 aromatic rings. The van der Waals surface area contributed by atoms with Crippen LogP contribution in [0.1, 0.15) is 25.3 Å². The molecule has 1 amide bonds. The number of benzene rings is 1. The van der Waals surface area contributed by atoms with Gasteiger partial charge in [0.1, 0.15) is 0 Å². The summed E-state index contributed by atoms with van der Waals surface area (Å²) < 4.78 is 53.7. The summed E-state index contributed by atoms with van der Waals surface area (Å²) >= 11 is 0. The van der Waals surface area contributed by atoms with Gasteiger partial charge in [0.15, 0.2) is 29.2 Å². The fourth-order valence-electron chi connectivity index (χ4n) is 2.67. The Morgan fingerprint density at radius 3 is 2.48 bits per heavy atom. The average molecular weight is 360 g/mol. The Morgan fingerprint density at radius 2 is 1.92 bits per heavy atom. The number of amides is 1. The first kappa shape index (κ1) is 19.0. The lowest BCUT2D eigenvalue weighted by Crippen LogP contribution is -2.44. The van der Waals surface area contributed by atoms with Gasteiger partial charge in [-0.05, 0) is 6.42 Å². The second-order valence-electron chi connectivity index (χ2n) is 5.70. The molecule has 1 heterocycles. The molecule has 0 bridgehead atoms. The van der Waals surface area contributed by atoms with Gasteiger partial charge >= 0.3 is 0 Å². The van der Waals surface area contributed by atoms with E-state index >= 15 is 0 Å². The molecule has 0 radical (unpaired) electrons. The molecule has 1 aliphatic rings. The highest BCUT2D eigenvalue weighted by Gasteiger charge is 2.26. The van der Waals surface area contributed by atoms with E-state index in [0.29, 0.717) is 25.9 Å². The Balaban J connectivity index is 1.97. The number of aliphatic imine (C=N–C) groups is 1. The van der Waals surface area contributed by atoms with E-state index in [1.54, 1.807) is 11.8 Å². The van der Waals surface area contributed by atoms with Gasteiger partial charge in [0.05, 0.1) is 0 Å². The zero-order valence-corrected chi connectivity index (χ0v) is 14.0. The molecule has 0 spiro atoms. The first-order chi connectivity index (χ1) is 11.9. The van der Waals surface area contributed by atoms with E-state index in [0.717, 1.165) is 0 Å². The molecule has 5 nitrogen and oxygen atoms in total. The summed E-state index contributed by atoms with van der Waals surface area (Å²) in [6.07, 6.45) is 1.12. The monoisotopic (exact) mass is 360 g/mol. The number of nitrogens with one attached hydrogen (secondary N) is 2. The minimum Gasteiger partial charge on any atom is -0.352 e. The summed E-state index contributed by atoms with van der Waals surface area (Å²) in [4.78, 5) is 17.3. The Bertz CT molecular complexity index is 654. The number of carbonyl (C=O) groups is 1. The molecule has 2 rings (SSSR count). The molecule has 0 aliphatic carbocycles. The zero-order valence-electron chi connectivity index (χ0n) is 14.0. The van der Waals surface area contributed by atoms with Gasteiger partial charge in [0, 0.05) is 50.8 Å². The quantitative estimate of drug-likeness (QED) is 0.373. The number of halogens is 4. The van der Waals surface area contributed by atoms with Gasteiger partial charge in [0.2, 0.25) is 5.91 Å². The predicted molar refractivity (Wildman–Crippen MR) is 84.9 cm³/mol. The highest BCUT2D eigenvalue weighted by Crippen LogP contribution is 2.19. The van der Waals surface area contributed by atoms with Crippen molar-refractivity contribution in [3.63, 3.8) is 0 Å². The molecule has 138 valence electrons. The number of nitrogens with zero attached hydrogens (tertiary/aromatic N) is 2. The highest BCUT2D eigenvalue weighted by atomic mass is 19.2. The number of hydrogen-bond acceptors (Lipinski definition) is 2. The molecule has 1 saturated heterocycles. The summed E-state index contributed by atoms with van der Waals surface area (Å²) in [5, 5.41) is 5.65. The topological polar surface area (TPSA) is 56.7 Å². The zero-order chi connectivity index (χ0) is 18.6. The lowest BCUT2D eigenvalue weighted by Gasteiger charge is -2.19. The van der Waals surface area contributed by atoms with Crippen molar-refractivity contribution >= 4 is 11.9 Å². The van der Waals surface area contributed by atoms with Crippen molar-refractivity contribution < 1.29 is 22.4 Å². The van der Waals surface area contributed by atoms with Gasteiger partial charge in [-0.25, -0.2) is 17.6 Å². The summed E-state index contributed by atoms with van der Waals surface area (Å²) in [7, 11) is 1.46. The number of likely N-dealkylation sites (tertiary alicyclic amines) is 1. The van der Waals surface area contributed by atoms with Crippen LogP contribution in [0.25, 0.3) is 0 Å². The average Bonchev–Trinajstić information content (AvgIpc) is 3.06. The van der Waals surface area contributed by atoms with Crippen LogP contribution in [0.4, 0.5) is 17.6 Å². The number of carbonyl (C=O) groups excluding carboxylic acids is 1. The first-order valence-corrected chi connectivity index (χ1v) is 7.94. The van der Waals surface area contributed by atoms with Crippen LogP contribution < -0.4 is 10.6 Å². The van der Waals surface area contributed by atoms with Crippen LogP contribution >= 0.6 is 0 Å². The molecule has 1 aromatic carbocycles. The summed E-state index contributed by atoms with van der Waals surface area (Å²) in [5.41, 5.74) is -0.741. The van der Waals surface area contributed by atoms with Crippen molar-refractivity contribution in [2.75, 3.05) is 20.1 Å². The maximum atomic E-state index is 13.7. The number of hydrogen-bond donors (Lipinski definition) is 2. The van der Waals surface area contributed by atoms with Gasteiger partial charge in [-0.1, -0.05) is 6.92 Å². The van der Waals surface area contributed by atoms with E-state index in [2.05, 4.69) is 15.6 Å². The Morgan fingerprint density at radius 1 is 1.28 bits per heavy atom. The molecule has 2 N–H and O–H groups in total. The number of guanidine groups is 1. The molecular weight excluding hydrogens is 340 g/mol. The van der Waals surface area contributed by atoms with Crippen LogP contribution in [-0.4, -0.2) is 42.9 Å². The van der Waals surface area contributed by atoms with E-state index in [9.17, 15) is 22.4 Å². The van der Waals surface area contributed by atoms with Gasteiger partial charge in [-0.2, -0.15) is 0 Å². The van der Waals surface area contributed by atoms with Crippen molar-refractivity contribution in [2.45, 2.75) is 32.4 Å². The van der Waals surface area contributed by atoms with Crippen molar-refractivity contribution in [3.8, 4) is 0 Å². The van der Waals surface area contributed by atoms with E-state index in [-0.39, 0.29) is 24.0 Å². The largest absolute Gasteiger partial charge is 0.352 e. The second-order valence-corrected chi connectivity index (χ2v) is 5.70. The molecular formula is C16H20F4N4O. The SMILES string of the molecule is CCC(=O)N1CCC(NC(=NC)NCc2c(F)c(F)cc(F)c2F)C1. The molecule has 9 heteroatoms. The maximum absolute atomic E-state index is 13.7. The molecule has 1 atom stereocenters. The minimum atomic E-state index is -1.46. The maximum Gasteiger partial charge on any atom is 0.222 e. The third-order valence-electron chi connectivity index (χ3n) is 4.04. The number of rotatable bonds is 4.